The average molecular weight is 473 g/mol. The number of anilines is 2. The summed E-state index contributed by atoms with van der Waals surface area (Å²) in [7, 11) is -1.69. The summed E-state index contributed by atoms with van der Waals surface area (Å²) < 4.78 is 31.1. The van der Waals surface area contributed by atoms with Crippen LogP contribution in [0.2, 0.25) is 0 Å². The van der Waals surface area contributed by atoms with Gasteiger partial charge in [0, 0.05) is 23.6 Å². The van der Waals surface area contributed by atoms with E-state index in [-0.39, 0.29) is 29.6 Å². The molecule has 1 aliphatic heterocycles. The Morgan fingerprint density at radius 2 is 1.73 bits per heavy atom. The van der Waals surface area contributed by atoms with E-state index in [9.17, 15) is 18.0 Å². The number of rotatable bonds is 7. The molecule has 3 rings (SSSR count). The molecule has 1 fully saturated rings. The molecule has 0 radical (unpaired) electrons. The predicted molar refractivity (Wildman–Crippen MR) is 130 cm³/mol. The highest BCUT2D eigenvalue weighted by atomic mass is 32.2. The topological polar surface area (TPSA) is 92.8 Å². The SMILES string of the molecule is COc1c(CCc2ccc(NS(C)(=O)=O)cc2)cc(N2C(=O)CC(C)C2=O)cc1C(C)(C)C. The van der Waals surface area contributed by atoms with Crippen molar-refractivity contribution < 1.29 is 22.7 Å². The van der Waals surface area contributed by atoms with Crippen LogP contribution in [-0.4, -0.2) is 33.6 Å². The Bertz CT molecular complexity index is 1160. The summed E-state index contributed by atoms with van der Waals surface area (Å²) in [5.74, 6) is 0.0799. The predicted octanol–water partition coefficient (Wildman–Crippen LogP) is 4.05. The van der Waals surface area contributed by atoms with Gasteiger partial charge in [0.25, 0.3) is 0 Å². The van der Waals surface area contributed by atoms with E-state index < -0.39 is 10.0 Å². The minimum atomic E-state index is -3.33. The summed E-state index contributed by atoms with van der Waals surface area (Å²) >= 11 is 0. The highest BCUT2D eigenvalue weighted by Crippen LogP contribution is 2.40. The van der Waals surface area contributed by atoms with Crippen molar-refractivity contribution in [3.05, 3.63) is 53.1 Å². The second-order valence-electron chi connectivity index (χ2n) is 9.68. The van der Waals surface area contributed by atoms with Gasteiger partial charge in [-0.15, -0.1) is 0 Å². The number of aryl methyl sites for hydroxylation is 2. The van der Waals surface area contributed by atoms with Gasteiger partial charge < -0.3 is 4.74 Å². The summed E-state index contributed by atoms with van der Waals surface area (Å²) in [6, 6.07) is 11.0. The number of hydrogen-bond donors (Lipinski definition) is 1. The number of benzene rings is 2. The molecule has 1 unspecified atom stereocenters. The second kappa shape index (κ2) is 9.17. The minimum Gasteiger partial charge on any atom is -0.496 e. The van der Waals surface area contributed by atoms with Crippen LogP contribution in [0.1, 0.15) is 50.8 Å². The van der Waals surface area contributed by atoms with Gasteiger partial charge in [-0.25, -0.2) is 8.42 Å². The van der Waals surface area contributed by atoms with Gasteiger partial charge >= 0.3 is 0 Å². The number of carbonyl (C=O) groups is 2. The van der Waals surface area contributed by atoms with Crippen LogP contribution < -0.4 is 14.4 Å². The van der Waals surface area contributed by atoms with Crippen molar-refractivity contribution in [1.82, 2.24) is 0 Å². The molecular weight excluding hydrogens is 440 g/mol. The quantitative estimate of drug-likeness (QED) is 0.614. The van der Waals surface area contributed by atoms with E-state index in [1.54, 1.807) is 26.2 Å². The van der Waals surface area contributed by atoms with Gasteiger partial charge in [-0.05, 0) is 53.6 Å². The van der Waals surface area contributed by atoms with E-state index in [2.05, 4.69) is 25.5 Å². The van der Waals surface area contributed by atoms with E-state index in [4.69, 9.17) is 4.74 Å². The third kappa shape index (κ3) is 5.74. The molecule has 1 saturated heterocycles. The van der Waals surface area contributed by atoms with Gasteiger partial charge in [0.05, 0.1) is 19.1 Å². The zero-order valence-corrected chi connectivity index (χ0v) is 20.9. The molecule has 1 aliphatic rings. The first kappa shape index (κ1) is 24.8. The number of ether oxygens (including phenoxy) is 1. The van der Waals surface area contributed by atoms with Crippen LogP contribution in [0.15, 0.2) is 36.4 Å². The van der Waals surface area contributed by atoms with E-state index in [1.165, 1.54) is 4.90 Å². The standard InChI is InChI=1S/C25H32N2O5S/c1-16-13-22(28)27(24(16)29)20-14-18(23(32-5)21(15-20)25(2,3)4)10-7-17-8-11-19(12-9-17)26-33(6,30)31/h8-9,11-12,14-16,26H,7,10,13H2,1-6H3. The maximum Gasteiger partial charge on any atom is 0.237 e. The lowest BCUT2D eigenvalue weighted by Gasteiger charge is -2.27. The number of nitrogens with zero attached hydrogens (tertiary/aromatic N) is 1. The van der Waals surface area contributed by atoms with E-state index >= 15 is 0 Å². The molecule has 1 atom stereocenters. The number of hydrogen-bond acceptors (Lipinski definition) is 5. The zero-order valence-electron chi connectivity index (χ0n) is 20.1. The van der Waals surface area contributed by atoms with Crippen molar-refractivity contribution in [3.63, 3.8) is 0 Å². The summed E-state index contributed by atoms with van der Waals surface area (Å²) in [5.41, 5.74) is 3.72. The van der Waals surface area contributed by atoms with Crippen LogP contribution in [-0.2, 0) is 37.9 Å². The first-order valence-electron chi connectivity index (χ1n) is 10.9. The lowest BCUT2D eigenvalue weighted by molar-refractivity contribution is -0.122. The first-order chi connectivity index (χ1) is 15.3. The van der Waals surface area contributed by atoms with Crippen molar-refractivity contribution in [2.75, 3.05) is 23.0 Å². The highest BCUT2D eigenvalue weighted by Gasteiger charge is 2.37. The Morgan fingerprint density at radius 3 is 2.21 bits per heavy atom. The minimum absolute atomic E-state index is 0.176. The Labute approximate surface area is 196 Å². The van der Waals surface area contributed by atoms with Gasteiger partial charge in [-0.1, -0.05) is 39.8 Å². The average Bonchev–Trinajstić information content (AvgIpc) is 2.96. The van der Waals surface area contributed by atoms with Crippen LogP contribution in [0.3, 0.4) is 0 Å². The van der Waals surface area contributed by atoms with E-state index in [1.807, 2.05) is 24.3 Å². The fraction of sp³-hybridized carbons (Fsp3) is 0.440. The molecule has 8 heteroatoms. The van der Waals surface area contributed by atoms with Crippen LogP contribution in [0.5, 0.6) is 5.75 Å². The molecule has 1 heterocycles. The molecule has 2 amide bonds. The fourth-order valence-corrected chi connectivity index (χ4v) is 4.64. The van der Waals surface area contributed by atoms with Crippen molar-refractivity contribution in [2.24, 2.45) is 5.92 Å². The number of nitrogens with one attached hydrogen (secondary N) is 1. The zero-order chi connectivity index (χ0) is 24.6. The Balaban J connectivity index is 1.95. The fourth-order valence-electron chi connectivity index (χ4n) is 4.07. The summed E-state index contributed by atoms with van der Waals surface area (Å²) in [6.07, 6.45) is 2.65. The number of methoxy groups -OCH3 is 1. The number of carbonyl (C=O) groups excluding carboxylic acids is 2. The monoisotopic (exact) mass is 472 g/mol. The van der Waals surface area contributed by atoms with Crippen molar-refractivity contribution in [1.29, 1.82) is 0 Å². The van der Waals surface area contributed by atoms with E-state index in [0.717, 1.165) is 28.7 Å². The summed E-state index contributed by atoms with van der Waals surface area (Å²) in [6.45, 7) is 7.99. The van der Waals surface area contributed by atoms with Crippen LogP contribution >= 0.6 is 0 Å². The molecule has 1 N–H and O–H groups in total. The molecule has 7 nitrogen and oxygen atoms in total. The van der Waals surface area contributed by atoms with Gasteiger partial charge in [-0.2, -0.15) is 0 Å². The largest absolute Gasteiger partial charge is 0.496 e. The lowest BCUT2D eigenvalue weighted by atomic mass is 9.84. The van der Waals surface area contributed by atoms with Crippen LogP contribution in [0, 0.1) is 5.92 Å². The Hall–Kier alpha value is -2.87. The maximum absolute atomic E-state index is 12.7. The third-order valence-corrected chi connectivity index (χ3v) is 6.34. The Morgan fingerprint density at radius 1 is 1.09 bits per heavy atom. The summed E-state index contributed by atoms with van der Waals surface area (Å²) in [4.78, 5) is 26.5. The lowest BCUT2D eigenvalue weighted by Crippen LogP contribution is -2.30. The molecule has 178 valence electrons. The Kier molecular flexibility index (Phi) is 6.88. The van der Waals surface area contributed by atoms with Crippen LogP contribution in [0.4, 0.5) is 11.4 Å². The van der Waals surface area contributed by atoms with Gasteiger partial charge in [0.1, 0.15) is 5.75 Å². The second-order valence-corrected chi connectivity index (χ2v) is 11.4. The molecule has 0 aliphatic carbocycles. The number of sulfonamides is 1. The molecular formula is C25H32N2O5S. The van der Waals surface area contributed by atoms with E-state index in [0.29, 0.717) is 24.2 Å². The number of amides is 2. The molecule has 2 aromatic rings. The van der Waals surface area contributed by atoms with Crippen LogP contribution in [0.25, 0.3) is 0 Å². The molecule has 0 saturated carbocycles. The van der Waals surface area contributed by atoms with Gasteiger partial charge in [-0.3, -0.25) is 19.2 Å². The normalized spacial score (nSPS) is 16.9. The molecule has 2 aromatic carbocycles. The van der Waals surface area contributed by atoms with Crippen molar-refractivity contribution in [3.8, 4) is 5.75 Å². The van der Waals surface area contributed by atoms with Crippen molar-refractivity contribution >= 4 is 33.2 Å². The summed E-state index contributed by atoms with van der Waals surface area (Å²) in [5, 5.41) is 0. The molecule has 0 bridgehead atoms. The van der Waals surface area contributed by atoms with Gasteiger partial charge in [0.15, 0.2) is 0 Å². The third-order valence-electron chi connectivity index (χ3n) is 5.73. The smallest absolute Gasteiger partial charge is 0.237 e. The van der Waals surface area contributed by atoms with Gasteiger partial charge in [0.2, 0.25) is 21.8 Å². The highest BCUT2D eigenvalue weighted by molar-refractivity contribution is 7.92. The molecule has 33 heavy (non-hydrogen) atoms. The molecule has 0 aromatic heterocycles. The van der Waals surface area contributed by atoms with Crippen molar-refractivity contribution in [2.45, 2.75) is 52.4 Å². The number of imide groups is 1. The first-order valence-corrected chi connectivity index (χ1v) is 12.8. The maximum atomic E-state index is 12.7. The molecule has 0 spiro atoms.